The summed E-state index contributed by atoms with van der Waals surface area (Å²) < 4.78 is 69.8. The number of hydrogen-bond acceptors (Lipinski definition) is 10. The first-order valence-corrected chi connectivity index (χ1v) is 20.0. The van der Waals surface area contributed by atoms with Crippen molar-refractivity contribution in [1.29, 1.82) is 0 Å². The summed E-state index contributed by atoms with van der Waals surface area (Å²) in [5, 5.41) is 31.8. The zero-order valence-electron chi connectivity index (χ0n) is 31.6. The molecule has 2 aliphatic heterocycles. The Labute approximate surface area is 328 Å². The molecular formula is C40H44F4N8O6. The van der Waals surface area contributed by atoms with Crippen LogP contribution in [0.15, 0.2) is 22.0 Å². The highest BCUT2D eigenvalue weighted by atomic mass is 19.1. The van der Waals surface area contributed by atoms with Gasteiger partial charge in [0.05, 0.1) is 33.2 Å². The summed E-state index contributed by atoms with van der Waals surface area (Å²) in [6, 6.07) is -1.48. The highest BCUT2D eigenvalue weighted by Gasteiger charge is 2.37. The van der Waals surface area contributed by atoms with E-state index in [9.17, 15) is 29.4 Å². The third kappa shape index (κ3) is 6.49. The van der Waals surface area contributed by atoms with Crippen LogP contribution in [0.25, 0.3) is 21.8 Å². The molecule has 0 spiro atoms. The monoisotopic (exact) mass is 808 g/mol. The van der Waals surface area contributed by atoms with Crippen LogP contribution in [0.5, 0.6) is 0 Å². The van der Waals surface area contributed by atoms with Crippen molar-refractivity contribution in [3.63, 3.8) is 0 Å². The highest BCUT2D eigenvalue weighted by Crippen LogP contribution is 2.45. The van der Waals surface area contributed by atoms with Gasteiger partial charge in [0.15, 0.2) is 23.3 Å². The lowest BCUT2D eigenvalue weighted by molar-refractivity contribution is 0.0684. The van der Waals surface area contributed by atoms with E-state index in [1.165, 1.54) is 9.13 Å². The molecule has 18 heteroatoms. The second-order valence-electron chi connectivity index (χ2n) is 16.1. The number of carbonyl (C=O) groups is 2. The summed E-state index contributed by atoms with van der Waals surface area (Å²) in [6.07, 6.45) is 6.17. The van der Waals surface area contributed by atoms with Gasteiger partial charge in [0, 0.05) is 88.9 Å². The minimum absolute atomic E-state index is 0.151. The van der Waals surface area contributed by atoms with Crippen LogP contribution in [0.3, 0.4) is 0 Å². The first-order chi connectivity index (χ1) is 27.9. The van der Waals surface area contributed by atoms with E-state index in [2.05, 4.69) is 21.3 Å². The fourth-order valence-corrected chi connectivity index (χ4v) is 9.03. The lowest BCUT2D eigenvalue weighted by Gasteiger charge is -2.34. The van der Waals surface area contributed by atoms with E-state index in [0.717, 1.165) is 12.4 Å². The normalized spacial score (nSPS) is 21.4. The number of carboxylic acids is 2. The largest absolute Gasteiger partial charge is 0.477 e. The number of rotatable bonds is 10. The van der Waals surface area contributed by atoms with Crippen LogP contribution in [-0.2, 0) is 0 Å². The second kappa shape index (κ2) is 14.8. The van der Waals surface area contributed by atoms with Gasteiger partial charge < -0.3 is 50.4 Å². The first-order valence-electron chi connectivity index (χ1n) is 20.0. The Kier molecular flexibility index (Phi) is 9.73. The van der Waals surface area contributed by atoms with Crippen LogP contribution >= 0.6 is 0 Å². The molecule has 0 radical (unpaired) electrons. The molecule has 5 aliphatic rings. The Morgan fingerprint density at radius 3 is 1.22 bits per heavy atom. The summed E-state index contributed by atoms with van der Waals surface area (Å²) in [5.41, 5.74) is -4.63. The zero-order chi connectivity index (χ0) is 40.6. The first kappa shape index (κ1) is 38.2. The minimum atomic E-state index is -1.51. The van der Waals surface area contributed by atoms with Gasteiger partial charge >= 0.3 is 11.9 Å². The molecule has 308 valence electrons. The fraction of sp³-hybridized carbons (Fsp3) is 0.500. The lowest BCUT2D eigenvalue weighted by Crippen LogP contribution is -2.44. The molecule has 3 aliphatic carbocycles. The fourth-order valence-electron chi connectivity index (χ4n) is 9.03. The summed E-state index contributed by atoms with van der Waals surface area (Å²) in [6.45, 7) is 3.16. The van der Waals surface area contributed by atoms with Crippen molar-refractivity contribution in [3.05, 3.63) is 67.2 Å². The van der Waals surface area contributed by atoms with Gasteiger partial charge in [-0.25, -0.2) is 27.2 Å². The van der Waals surface area contributed by atoms with Crippen molar-refractivity contribution < 1.29 is 37.4 Å². The van der Waals surface area contributed by atoms with Crippen LogP contribution in [-0.4, -0.2) is 95.7 Å². The number of piperazine rings is 2. The van der Waals surface area contributed by atoms with Crippen LogP contribution in [0, 0.1) is 23.3 Å². The van der Waals surface area contributed by atoms with E-state index in [1.54, 1.807) is 9.80 Å². The number of nitrogens with one attached hydrogen (secondary N) is 4. The Bertz CT molecular complexity index is 2310. The van der Waals surface area contributed by atoms with Gasteiger partial charge in [-0.3, -0.25) is 9.59 Å². The zero-order valence-corrected chi connectivity index (χ0v) is 31.6. The molecule has 4 aromatic rings. The van der Waals surface area contributed by atoms with E-state index >= 15 is 17.6 Å². The van der Waals surface area contributed by atoms with Gasteiger partial charge in [-0.05, 0) is 51.4 Å². The molecule has 0 amide bonds. The molecule has 14 nitrogen and oxygen atoms in total. The van der Waals surface area contributed by atoms with Crippen LogP contribution in [0.1, 0.15) is 84.2 Å². The average molecular weight is 809 g/mol. The predicted molar refractivity (Wildman–Crippen MR) is 210 cm³/mol. The Morgan fingerprint density at radius 1 is 0.569 bits per heavy atom. The molecular weight excluding hydrogens is 764 g/mol. The Balaban J connectivity index is 1.08. The van der Waals surface area contributed by atoms with E-state index < -0.39 is 69.3 Å². The SMILES string of the molecule is O=C(O)c1cn(C2CC2)c2c(F)c(N3CCNCC3)c(F)c(NC3CCC(Nc4c(F)c(N5CCNCC5)c(F)c5c4c(=O)c(C(=O)O)cn5C4CC4)CC3)c2c1=O. The van der Waals surface area contributed by atoms with Crippen LogP contribution < -0.4 is 41.9 Å². The van der Waals surface area contributed by atoms with Gasteiger partial charge in [-0.1, -0.05) is 0 Å². The van der Waals surface area contributed by atoms with Crippen molar-refractivity contribution in [2.75, 3.05) is 72.8 Å². The van der Waals surface area contributed by atoms with Crippen molar-refractivity contribution >= 4 is 56.5 Å². The summed E-state index contributed by atoms with van der Waals surface area (Å²) >= 11 is 0. The molecule has 9 rings (SSSR count). The van der Waals surface area contributed by atoms with Gasteiger partial charge in [-0.15, -0.1) is 0 Å². The maximum absolute atomic E-state index is 16.8. The molecule has 58 heavy (non-hydrogen) atoms. The third-order valence-electron chi connectivity index (χ3n) is 12.3. The van der Waals surface area contributed by atoms with Crippen molar-refractivity contribution in [3.8, 4) is 0 Å². The predicted octanol–water partition coefficient (Wildman–Crippen LogP) is 4.59. The lowest BCUT2D eigenvalue weighted by atomic mass is 9.90. The molecule has 6 N–H and O–H groups in total. The molecule has 5 fully saturated rings. The topological polar surface area (TPSA) is 173 Å². The van der Waals surface area contributed by atoms with E-state index in [0.29, 0.717) is 104 Å². The molecule has 3 saturated carbocycles. The molecule has 2 saturated heterocycles. The summed E-state index contributed by atoms with van der Waals surface area (Å²) in [4.78, 5) is 55.3. The number of aromatic carboxylic acids is 2. The van der Waals surface area contributed by atoms with Gasteiger partial charge in [0.2, 0.25) is 10.9 Å². The molecule has 0 unspecified atom stereocenters. The minimum Gasteiger partial charge on any atom is -0.477 e. The van der Waals surface area contributed by atoms with E-state index in [4.69, 9.17) is 0 Å². The molecule has 0 atom stereocenters. The van der Waals surface area contributed by atoms with Crippen molar-refractivity contribution in [2.45, 2.75) is 75.5 Å². The second-order valence-corrected chi connectivity index (χ2v) is 16.1. The third-order valence-corrected chi connectivity index (χ3v) is 12.3. The molecule has 2 aromatic heterocycles. The van der Waals surface area contributed by atoms with Crippen molar-refractivity contribution in [2.24, 2.45) is 0 Å². The standard InChI is InChI=1S/C40H44F4N8O6/c41-27-31(25-33(29(43)35(27)49-13-9-45-10-14-49)51(21-5-6-21)17-23(37(25)53)39(55)56)47-19-1-2-20(4-3-19)48-32-26-34(30(44)36(28(32)42)50-15-11-46-12-16-50)52(22-7-8-22)18-24(38(26)54)40(57)58/h17-22,45-48H,1-16H2,(H,55,56)(H,57,58). The number of pyridine rings is 2. The van der Waals surface area contributed by atoms with Crippen LogP contribution in [0.4, 0.5) is 40.3 Å². The number of anilines is 4. The molecule has 2 aromatic carbocycles. The maximum atomic E-state index is 16.8. The average Bonchev–Trinajstić information content (AvgIpc) is 4.15. The Hall–Kier alpha value is -5.36. The molecule has 4 heterocycles. The number of aromatic nitrogens is 2. The van der Waals surface area contributed by atoms with Gasteiger partial charge in [-0.2, -0.15) is 0 Å². The van der Waals surface area contributed by atoms with E-state index in [1.807, 2.05) is 0 Å². The Morgan fingerprint density at radius 2 is 0.914 bits per heavy atom. The number of halogens is 4. The summed E-state index contributed by atoms with van der Waals surface area (Å²) in [5.74, 6) is -6.84. The number of nitrogens with zero attached hydrogens (tertiary/aromatic N) is 4. The number of hydrogen-bond donors (Lipinski definition) is 6. The maximum Gasteiger partial charge on any atom is 0.341 e. The number of benzene rings is 2. The molecule has 0 bridgehead atoms. The van der Waals surface area contributed by atoms with Crippen molar-refractivity contribution in [1.82, 2.24) is 19.8 Å². The number of carboxylic acid groups (broad SMARTS) is 2. The highest BCUT2D eigenvalue weighted by molar-refractivity contribution is 6.02. The van der Waals surface area contributed by atoms with Crippen LogP contribution in [0.2, 0.25) is 0 Å². The van der Waals surface area contributed by atoms with Gasteiger partial charge in [0.1, 0.15) is 22.5 Å². The summed E-state index contributed by atoms with van der Waals surface area (Å²) in [7, 11) is 0. The van der Waals surface area contributed by atoms with Gasteiger partial charge in [0.25, 0.3) is 0 Å². The quantitative estimate of drug-likeness (QED) is 0.123. The smallest absolute Gasteiger partial charge is 0.341 e. The van der Waals surface area contributed by atoms with E-state index in [-0.39, 0.29) is 56.6 Å². The number of fused-ring (bicyclic) bond motifs is 2.